The number of ether oxygens (including phenoxy) is 1. The molecule has 0 aromatic rings. The van der Waals surface area contributed by atoms with Gasteiger partial charge < -0.3 is 4.74 Å². The minimum atomic E-state index is 0.00256. The molecular formula is C20H39NO2. The number of nitrogens with zero attached hydrogens (tertiary/aromatic N) is 1. The van der Waals surface area contributed by atoms with Gasteiger partial charge in [-0.1, -0.05) is 71.1 Å². The van der Waals surface area contributed by atoms with E-state index in [0.29, 0.717) is 13.0 Å². The first-order valence-corrected chi connectivity index (χ1v) is 10.2. The van der Waals surface area contributed by atoms with Crippen molar-refractivity contribution in [2.75, 3.05) is 26.2 Å². The van der Waals surface area contributed by atoms with Gasteiger partial charge in [0.25, 0.3) is 0 Å². The van der Waals surface area contributed by atoms with Crippen molar-refractivity contribution < 1.29 is 9.53 Å². The van der Waals surface area contributed by atoms with E-state index < -0.39 is 0 Å². The highest BCUT2D eigenvalue weighted by Crippen LogP contribution is 2.11. The molecule has 0 amide bonds. The fourth-order valence-corrected chi connectivity index (χ4v) is 3.30. The summed E-state index contributed by atoms with van der Waals surface area (Å²) in [4.78, 5) is 14.2. The molecule has 0 aliphatic carbocycles. The molecule has 1 rings (SSSR count). The zero-order chi connectivity index (χ0) is 16.6. The Kier molecular flexibility index (Phi) is 13.3. The lowest BCUT2D eigenvalue weighted by Gasteiger charge is -2.19. The maximum Gasteiger partial charge on any atom is 0.305 e. The number of carbonyl (C=O) groups excluding carboxylic acids is 1. The molecule has 1 fully saturated rings. The molecule has 1 heterocycles. The van der Waals surface area contributed by atoms with E-state index in [1.807, 2.05) is 0 Å². The van der Waals surface area contributed by atoms with Gasteiger partial charge in [0.2, 0.25) is 0 Å². The maximum absolute atomic E-state index is 11.7. The molecule has 0 bridgehead atoms. The highest BCUT2D eigenvalue weighted by Gasteiger charge is 2.09. The van der Waals surface area contributed by atoms with Crippen LogP contribution in [0.3, 0.4) is 0 Å². The number of esters is 1. The molecule has 3 nitrogen and oxygen atoms in total. The minimum Gasteiger partial charge on any atom is -0.464 e. The Morgan fingerprint density at radius 1 is 0.826 bits per heavy atom. The second kappa shape index (κ2) is 15.0. The lowest BCUT2D eigenvalue weighted by molar-refractivity contribution is -0.144. The normalized spacial score (nSPS) is 16.2. The topological polar surface area (TPSA) is 29.5 Å². The van der Waals surface area contributed by atoms with E-state index in [4.69, 9.17) is 4.74 Å². The number of likely N-dealkylation sites (tertiary alicyclic amines) is 1. The Labute approximate surface area is 144 Å². The largest absolute Gasteiger partial charge is 0.464 e. The van der Waals surface area contributed by atoms with Crippen LogP contribution in [0.4, 0.5) is 0 Å². The highest BCUT2D eigenvalue weighted by molar-refractivity contribution is 5.69. The number of unbranched alkanes of at least 4 members (excludes halogenated alkanes) is 8. The van der Waals surface area contributed by atoms with Gasteiger partial charge in [-0.3, -0.25) is 9.69 Å². The lowest BCUT2D eigenvalue weighted by atomic mass is 10.1. The Morgan fingerprint density at radius 2 is 1.39 bits per heavy atom. The first-order chi connectivity index (χ1) is 11.3. The van der Waals surface area contributed by atoms with Crippen molar-refractivity contribution in [3.63, 3.8) is 0 Å². The van der Waals surface area contributed by atoms with Gasteiger partial charge in [-0.05, 0) is 32.4 Å². The molecule has 136 valence electrons. The summed E-state index contributed by atoms with van der Waals surface area (Å²) in [5.41, 5.74) is 0. The molecule has 0 unspecified atom stereocenters. The van der Waals surface area contributed by atoms with Crippen LogP contribution in [0.5, 0.6) is 0 Å². The molecular weight excluding hydrogens is 286 g/mol. The quantitative estimate of drug-likeness (QED) is 0.339. The molecule has 0 aromatic heterocycles. The predicted octanol–water partition coefficient (Wildman–Crippen LogP) is 5.33. The third-order valence-corrected chi connectivity index (χ3v) is 4.85. The summed E-state index contributed by atoms with van der Waals surface area (Å²) in [5.74, 6) is 0.00256. The molecule has 1 aliphatic rings. The molecule has 0 saturated carbocycles. The average Bonchev–Trinajstić information content (AvgIpc) is 2.82. The van der Waals surface area contributed by atoms with E-state index in [0.717, 1.165) is 13.0 Å². The summed E-state index contributed by atoms with van der Waals surface area (Å²) in [6.07, 6.45) is 17.5. The number of rotatable bonds is 13. The molecule has 0 N–H and O–H groups in total. The first-order valence-electron chi connectivity index (χ1n) is 10.2. The number of carbonyl (C=O) groups is 1. The molecule has 1 saturated heterocycles. The Bertz CT molecular complexity index is 273. The minimum absolute atomic E-state index is 0.00256. The maximum atomic E-state index is 11.7. The Balaban J connectivity index is 1.84. The zero-order valence-electron chi connectivity index (χ0n) is 15.5. The first kappa shape index (κ1) is 20.5. The van der Waals surface area contributed by atoms with Crippen LogP contribution in [-0.2, 0) is 9.53 Å². The lowest BCUT2D eigenvalue weighted by Crippen LogP contribution is -2.29. The van der Waals surface area contributed by atoms with Crippen molar-refractivity contribution in [3.8, 4) is 0 Å². The Morgan fingerprint density at radius 3 is 2.00 bits per heavy atom. The summed E-state index contributed by atoms with van der Waals surface area (Å²) in [7, 11) is 0. The smallest absolute Gasteiger partial charge is 0.305 e. The molecule has 1 aliphatic heterocycles. The van der Waals surface area contributed by atoms with Crippen LogP contribution in [0.1, 0.15) is 96.8 Å². The van der Waals surface area contributed by atoms with E-state index in [-0.39, 0.29) is 5.97 Å². The van der Waals surface area contributed by atoms with Crippen LogP contribution in [0.15, 0.2) is 0 Å². The summed E-state index contributed by atoms with van der Waals surface area (Å²) >= 11 is 0. The second-order valence-electron chi connectivity index (χ2n) is 7.05. The second-order valence-corrected chi connectivity index (χ2v) is 7.05. The summed E-state index contributed by atoms with van der Waals surface area (Å²) in [5, 5.41) is 0. The molecule has 23 heavy (non-hydrogen) atoms. The van der Waals surface area contributed by atoms with Crippen LogP contribution in [0.25, 0.3) is 0 Å². The van der Waals surface area contributed by atoms with Gasteiger partial charge >= 0.3 is 5.97 Å². The average molecular weight is 326 g/mol. The van der Waals surface area contributed by atoms with Crippen molar-refractivity contribution in [2.45, 2.75) is 96.8 Å². The van der Waals surface area contributed by atoms with Gasteiger partial charge in [-0.25, -0.2) is 0 Å². The van der Waals surface area contributed by atoms with Crippen LogP contribution in [0.2, 0.25) is 0 Å². The monoisotopic (exact) mass is 325 g/mol. The number of hydrogen-bond acceptors (Lipinski definition) is 3. The summed E-state index contributed by atoms with van der Waals surface area (Å²) < 4.78 is 5.38. The summed E-state index contributed by atoms with van der Waals surface area (Å²) in [6.45, 7) is 6.11. The van der Waals surface area contributed by atoms with Crippen LogP contribution in [0, 0.1) is 0 Å². The SMILES string of the molecule is CCCCCCCCCCCC(=O)OCCN1CCCCCC1. The molecule has 0 radical (unpaired) electrons. The molecule has 0 atom stereocenters. The zero-order valence-corrected chi connectivity index (χ0v) is 15.5. The van der Waals surface area contributed by atoms with Gasteiger partial charge in [0.15, 0.2) is 0 Å². The van der Waals surface area contributed by atoms with Gasteiger partial charge in [0.05, 0.1) is 0 Å². The molecule has 0 aromatic carbocycles. The van der Waals surface area contributed by atoms with Crippen LogP contribution in [-0.4, -0.2) is 37.1 Å². The third kappa shape index (κ3) is 12.5. The van der Waals surface area contributed by atoms with E-state index in [9.17, 15) is 4.79 Å². The van der Waals surface area contributed by atoms with Crippen molar-refractivity contribution in [1.29, 1.82) is 0 Å². The summed E-state index contributed by atoms with van der Waals surface area (Å²) in [6, 6.07) is 0. The standard InChI is InChI=1S/C20H39NO2/c1-2-3-4-5-6-7-8-9-12-15-20(22)23-19-18-21-16-13-10-11-14-17-21/h2-19H2,1H3. The van der Waals surface area contributed by atoms with Gasteiger partial charge in [-0.15, -0.1) is 0 Å². The van der Waals surface area contributed by atoms with Gasteiger partial charge in [-0.2, -0.15) is 0 Å². The van der Waals surface area contributed by atoms with E-state index in [1.54, 1.807) is 0 Å². The molecule has 3 heteroatoms. The molecule has 0 spiro atoms. The fourth-order valence-electron chi connectivity index (χ4n) is 3.30. The van der Waals surface area contributed by atoms with E-state index in [2.05, 4.69) is 11.8 Å². The predicted molar refractivity (Wildman–Crippen MR) is 97.7 cm³/mol. The van der Waals surface area contributed by atoms with Crippen LogP contribution < -0.4 is 0 Å². The van der Waals surface area contributed by atoms with E-state index in [1.165, 1.54) is 90.1 Å². The van der Waals surface area contributed by atoms with Crippen molar-refractivity contribution in [2.24, 2.45) is 0 Å². The van der Waals surface area contributed by atoms with Crippen LogP contribution >= 0.6 is 0 Å². The van der Waals surface area contributed by atoms with Crippen molar-refractivity contribution >= 4 is 5.97 Å². The van der Waals surface area contributed by atoms with E-state index >= 15 is 0 Å². The number of hydrogen-bond donors (Lipinski definition) is 0. The highest BCUT2D eigenvalue weighted by atomic mass is 16.5. The Hall–Kier alpha value is -0.570. The van der Waals surface area contributed by atoms with Crippen molar-refractivity contribution in [3.05, 3.63) is 0 Å². The van der Waals surface area contributed by atoms with Crippen molar-refractivity contribution in [1.82, 2.24) is 4.90 Å². The third-order valence-electron chi connectivity index (χ3n) is 4.85. The van der Waals surface area contributed by atoms with Gasteiger partial charge in [0.1, 0.15) is 6.61 Å². The van der Waals surface area contributed by atoms with Gasteiger partial charge in [0, 0.05) is 13.0 Å². The fraction of sp³-hybridized carbons (Fsp3) is 0.950.